The molecule has 0 aliphatic rings. The number of aromatic nitrogens is 6. The molecule has 80 heavy (non-hydrogen) atoms. The van der Waals surface area contributed by atoms with Crippen LogP contribution in [0.25, 0.3) is 10.8 Å². The van der Waals surface area contributed by atoms with Gasteiger partial charge in [0.1, 0.15) is 46.2 Å². The number of halogens is 2. The number of H-pyrrole nitrogens is 4. The normalized spacial score (nSPS) is 13.2. The molecule has 0 atom stereocenters. The van der Waals surface area contributed by atoms with E-state index < -0.39 is 148 Å². The summed E-state index contributed by atoms with van der Waals surface area (Å²) in [7, 11) is -30.9. The van der Waals surface area contributed by atoms with Gasteiger partial charge in [-0.25, -0.2) is 66.2 Å². The van der Waals surface area contributed by atoms with Gasteiger partial charge in [0, 0.05) is 5.39 Å². The number of hydrogen-bond donors (Lipinski definition) is 5. The van der Waals surface area contributed by atoms with Gasteiger partial charge in [0.05, 0.1) is 65.3 Å². The molecule has 0 bridgehead atoms. The van der Waals surface area contributed by atoms with Gasteiger partial charge in [-0.3, -0.25) is 14.5 Å². The van der Waals surface area contributed by atoms with Gasteiger partial charge in [-0.1, -0.05) is 17.9 Å². The van der Waals surface area contributed by atoms with Gasteiger partial charge < -0.3 is 33.3 Å². The Hall–Kier alpha value is -1.98. The molecule has 5 aromatic carbocycles. The van der Waals surface area contributed by atoms with Crippen LogP contribution in [-0.4, -0.2) is 116 Å². The number of rotatable bonds is 15. The van der Waals surface area contributed by atoms with Gasteiger partial charge in [0.25, 0.3) is 0 Å². The Morgan fingerprint density at radius 3 is 1.54 bits per heavy atom. The van der Waals surface area contributed by atoms with Gasteiger partial charge >= 0.3 is 158 Å². The van der Waals surface area contributed by atoms with E-state index in [-0.39, 0.29) is 181 Å². The van der Waals surface area contributed by atoms with E-state index in [1.807, 2.05) is 0 Å². The quantitative estimate of drug-likeness (QED) is 0.0361. The fraction of sp³-hybridized carbons (Fsp3) is 0.0556. The Balaban J connectivity index is 0.00000437. The van der Waals surface area contributed by atoms with Crippen molar-refractivity contribution in [1.82, 2.24) is 29.9 Å². The van der Waals surface area contributed by atoms with E-state index in [1.54, 1.807) is 0 Å². The molecule has 0 saturated carbocycles. The summed E-state index contributed by atoms with van der Waals surface area (Å²) >= 11 is 12.2. The number of benzene rings is 5. The molecule has 7 rings (SSSR count). The van der Waals surface area contributed by atoms with Crippen LogP contribution in [0.1, 0.15) is 0 Å². The predicted molar refractivity (Wildman–Crippen MR) is 245 cm³/mol. The van der Waals surface area contributed by atoms with E-state index in [2.05, 4.69) is 64.3 Å². The van der Waals surface area contributed by atoms with Crippen LogP contribution < -0.4 is 175 Å². The summed E-state index contributed by atoms with van der Waals surface area (Å²) < 4.78 is 207. The summed E-state index contributed by atoms with van der Waals surface area (Å²) in [6, 6.07) is 12.9. The second kappa shape index (κ2) is 29.4. The molecule has 2 heterocycles. The Labute approximate surface area is 571 Å². The Morgan fingerprint density at radius 1 is 0.525 bits per heavy atom. The number of azo groups is 1. The van der Waals surface area contributed by atoms with Gasteiger partial charge in [0.15, 0.2) is 9.84 Å². The van der Waals surface area contributed by atoms with Crippen LogP contribution in [0.4, 0.5) is 34.1 Å². The second-order valence-electron chi connectivity index (χ2n) is 14.4. The molecule has 7 aromatic rings. The predicted octanol–water partition coefficient (Wildman–Crippen LogP) is -14.1. The molecule has 0 aliphatic heterocycles. The maximum atomic E-state index is 14.3. The minimum Gasteiger partial charge on any atom is -0.870 e. The summed E-state index contributed by atoms with van der Waals surface area (Å²) in [6.45, 7) is -0.921. The Bertz CT molecular complexity index is 4590. The standard InChI is InChI=1S/C36H28Cl2N12O19S6.5Na/c37-31-43-33(39-18-3-1-5-21(13-18)70(52,53)10-9-69-75(66,67)68)47-35(44-31)41-20-7-8-26(73(60,61)62)24(15-20)49-50-29-27(74(63,64)65)12-17-11-23(72(57,58)59)16-25(28(17)30(29)51)42-36-46-32(38)45-34(48-36)40-19-4-2-6-22(14-19)71(54,55)56;;;;;/h1-8,11-16,51H,9-10H2,(H,54,55,56)(H,57,58,59)(H,60,61,62)(H,63,64,65)(H,66,67,68)(H2,39,41,43,44,47)(H2,40,42,45,46,48);;;;;/q;5*+1/p-5. The van der Waals surface area contributed by atoms with Crippen molar-refractivity contribution in [3.8, 4) is 5.75 Å². The number of nitrogens with zero attached hydrogens (tertiary/aromatic N) is 8. The van der Waals surface area contributed by atoms with Crippen molar-refractivity contribution >= 4 is 129 Å². The van der Waals surface area contributed by atoms with Crippen molar-refractivity contribution in [3.05, 3.63) is 118 Å². The largest absolute Gasteiger partial charge is 1.00 e. The second-order valence-corrected chi connectivity index (χ2v) is 23.8. The molecular formula is C36H23Cl2N12Na5O19S6. The molecule has 44 heteroatoms. The number of fused-ring (bicyclic) bond motifs is 1. The van der Waals surface area contributed by atoms with Crippen molar-refractivity contribution in [2.45, 2.75) is 24.5 Å². The van der Waals surface area contributed by atoms with E-state index in [4.69, 9.17) is 27.8 Å². The van der Waals surface area contributed by atoms with E-state index in [9.17, 15) is 73.8 Å². The first-order valence-electron chi connectivity index (χ1n) is 19.4. The smallest absolute Gasteiger partial charge is 0.870 e. The first kappa shape index (κ1) is 74.1. The van der Waals surface area contributed by atoms with Crippen LogP contribution in [0.15, 0.2) is 140 Å². The summed E-state index contributed by atoms with van der Waals surface area (Å²) in [5, 5.41) is 19.1. The molecule has 0 spiro atoms. The monoisotopic (exact) mass is 1300 g/mol. The van der Waals surface area contributed by atoms with Gasteiger partial charge in [-0.2, -0.15) is 18.4 Å². The Morgan fingerprint density at radius 2 is 1.02 bits per heavy atom. The molecule has 5 N–H and O–H groups in total. The molecular weight excluding hydrogens is 1280 g/mol. The van der Waals surface area contributed by atoms with Crippen molar-refractivity contribution < 1.29 is 230 Å². The van der Waals surface area contributed by atoms with Crippen molar-refractivity contribution in [3.63, 3.8) is 0 Å². The molecule has 0 fully saturated rings. The van der Waals surface area contributed by atoms with Crippen LogP contribution in [0, 0.1) is 0 Å². The number of aromatic amines is 4. The van der Waals surface area contributed by atoms with Crippen molar-refractivity contribution in [2.75, 3.05) is 12.4 Å². The third kappa shape index (κ3) is 20.1. The average molecular weight is 1310 g/mol. The van der Waals surface area contributed by atoms with Gasteiger partial charge in [-0.05, 0) is 101 Å². The SMILES string of the molecule is O=S(=O)(O)OCCS(=O)(=O)c1cccc(N=c2nc(Cl)[nH]c(=Nc3ccc(S(=O)(=O)[O-])c(N=Nc4c(S(=O)(=O)[O-])cc5cc(S(=O)(=O)[O-])cc(N=c6[nH]c(Cl)nc(=Nc7cccc(S(=O)(=O)[O-])c7)[nH]6)c5c4[O-])c3)[nH]2)c1.[Na+].[Na+].[Na+].[Na+].[Na+]. The molecule has 0 aliphatic carbocycles. The Kier molecular flexibility index (Phi) is 27.2. The maximum absolute atomic E-state index is 14.3. The van der Waals surface area contributed by atoms with Crippen LogP contribution in [0.3, 0.4) is 0 Å². The first-order valence-corrected chi connectivity index (χ1v) is 28.8. The fourth-order valence-electron chi connectivity index (χ4n) is 6.21. The van der Waals surface area contributed by atoms with Crippen LogP contribution in [0.5, 0.6) is 5.75 Å². The summed E-state index contributed by atoms with van der Waals surface area (Å²) in [6.07, 6.45) is 0. The van der Waals surface area contributed by atoms with E-state index >= 15 is 0 Å². The third-order valence-corrected chi connectivity index (χ3v) is 15.1. The molecule has 396 valence electrons. The first-order chi connectivity index (χ1) is 34.7. The van der Waals surface area contributed by atoms with Crippen LogP contribution >= 0.6 is 23.2 Å². The minimum atomic E-state index is -5.83. The number of nitrogens with one attached hydrogen (secondary N) is 4. The van der Waals surface area contributed by atoms with Crippen LogP contribution in [-0.2, 0) is 64.9 Å². The molecule has 0 saturated heterocycles. The summed E-state index contributed by atoms with van der Waals surface area (Å²) in [5.74, 6) is -2.45. The molecule has 0 unspecified atom stereocenters. The average Bonchev–Trinajstić information content (AvgIpc) is 3.26. The van der Waals surface area contributed by atoms with Gasteiger partial charge in [0.2, 0.25) is 33.0 Å². The maximum Gasteiger partial charge on any atom is 1.00 e. The zero-order valence-corrected chi connectivity index (χ0v) is 57.5. The van der Waals surface area contributed by atoms with E-state index in [0.29, 0.717) is 24.3 Å². The summed E-state index contributed by atoms with van der Waals surface area (Å²) in [5.41, 5.74) is -5.33. The number of sulfone groups is 1. The number of hydrogen-bond acceptors (Lipinski definition) is 26. The topological polar surface area (TPSA) is 513 Å². The molecule has 2 aromatic heterocycles. The van der Waals surface area contributed by atoms with Gasteiger partial charge in [-0.15, -0.1) is 10.2 Å². The fourth-order valence-corrected chi connectivity index (χ4v) is 10.3. The molecule has 0 amide bonds. The molecule has 31 nitrogen and oxygen atoms in total. The summed E-state index contributed by atoms with van der Waals surface area (Å²) in [4.78, 5) is 29.3. The molecule has 0 radical (unpaired) electrons. The third-order valence-electron chi connectivity index (χ3n) is 9.23. The zero-order chi connectivity index (χ0) is 55.1. The zero-order valence-electron chi connectivity index (χ0n) is 41.1. The minimum absolute atomic E-state index is 0. The van der Waals surface area contributed by atoms with E-state index in [0.717, 1.165) is 42.5 Å². The van der Waals surface area contributed by atoms with Crippen LogP contribution in [0.2, 0.25) is 10.6 Å². The van der Waals surface area contributed by atoms with Crippen molar-refractivity contribution in [2.24, 2.45) is 30.2 Å². The van der Waals surface area contributed by atoms with Crippen molar-refractivity contribution in [1.29, 1.82) is 0 Å². The van der Waals surface area contributed by atoms with E-state index in [1.165, 1.54) is 18.2 Å².